The molecule has 0 aliphatic heterocycles. The van der Waals surface area contributed by atoms with E-state index in [4.69, 9.17) is 4.74 Å². The minimum absolute atomic E-state index is 0.121. The first-order chi connectivity index (χ1) is 9.45. The maximum atomic E-state index is 13.6. The van der Waals surface area contributed by atoms with Crippen LogP contribution in [0.2, 0.25) is 0 Å². The number of methoxy groups -OCH3 is 1. The highest BCUT2D eigenvalue weighted by molar-refractivity contribution is 9.10. The minimum Gasteiger partial charge on any atom is -0.497 e. The molecular weight excluding hydrogens is 337 g/mol. The van der Waals surface area contributed by atoms with Crippen LogP contribution in [-0.2, 0) is 0 Å². The third kappa shape index (κ3) is 2.56. The Bertz CT molecular complexity index is 686. The Morgan fingerprint density at radius 1 is 1.05 bits per heavy atom. The van der Waals surface area contributed by atoms with E-state index in [2.05, 4.69) is 15.9 Å². The molecule has 2 rings (SSSR count). The zero-order valence-electron chi connectivity index (χ0n) is 10.2. The summed E-state index contributed by atoms with van der Waals surface area (Å²) in [6, 6.07) is 6.06. The molecule has 20 heavy (non-hydrogen) atoms. The van der Waals surface area contributed by atoms with E-state index < -0.39 is 28.8 Å². The molecule has 0 radical (unpaired) electrons. The van der Waals surface area contributed by atoms with Crippen molar-refractivity contribution in [3.05, 3.63) is 63.4 Å². The highest BCUT2D eigenvalue weighted by Gasteiger charge is 2.21. The van der Waals surface area contributed by atoms with Gasteiger partial charge >= 0.3 is 0 Å². The number of carbonyl (C=O) groups excluding carboxylic acids is 1. The molecule has 0 unspecified atom stereocenters. The highest BCUT2D eigenvalue weighted by atomic mass is 79.9. The Labute approximate surface area is 121 Å². The Morgan fingerprint density at radius 3 is 2.30 bits per heavy atom. The summed E-state index contributed by atoms with van der Waals surface area (Å²) in [6.45, 7) is 0. The van der Waals surface area contributed by atoms with Gasteiger partial charge in [-0.2, -0.15) is 0 Å². The van der Waals surface area contributed by atoms with Gasteiger partial charge < -0.3 is 4.74 Å². The van der Waals surface area contributed by atoms with E-state index in [9.17, 15) is 18.0 Å². The first kappa shape index (κ1) is 14.6. The Hall–Kier alpha value is -1.82. The van der Waals surface area contributed by atoms with Crippen molar-refractivity contribution in [1.29, 1.82) is 0 Å². The number of rotatable bonds is 3. The first-order valence-corrected chi connectivity index (χ1v) is 6.26. The first-order valence-electron chi connectivity index (χ1n) is 5.47. The smallest absolute Gasteiger partial charge is 0.197 e. The SMILES string of the molecule is COc1ccc(C(=O)c2ccc(F)c(F)c2F)c(Br)c1. The van der Waals surface area contributed by atoms with E-state index in [0.29, 0.717) is 16.3 Å². The molecule has 6 heteroatoms. The zero-order chi connectivity index (χ0) is 14.9. The maximum absolute atomic E-state index is 13.6. The molecule has 2 aromatic carbocycles. The number of ketones is 1. The van der Waals surface area contributed by atoms with Gasteiger partial charge in [-0.15, -0.1) is 0 Å². The van der Waals surface area contributed by atoms with E-state index in [1.54, 1.807) is 0 Å². The second-order valence-electron chi connectivity index (χ2n) is 3.90. The molecule has 0 heterocycles. The summed E-state index contributed by atoms with van der Waals surface area (Å²) in [4.78, 5) is 12.2. The summed E-state index contributed by atoms with van der Waals surface area (Å²) in [5.74, 6) is -4.76. The average molecular weight is 345 g/mol. The summed E-state index contributed by atoms with van der Waals surface area (Å²) in [7, 11) is 1.46. The van der Waals surface area contributed by atoms with Gasteiger partial charge in [0.05, 0.1) is 12.7 Å². The second kappa shape index (κ2) is 5.66. The molecule has 2 nitrogen and oxygen atoms in total. The lowest BCUT2D eigenvalue weighted by Crippen LogP contribution is -2.08. The maximum Gasteiger partial charge on any atom is 0.197 e. The fourth-order valence-electron chi connectivity index (χ4n) is 1.65. The molecule has 0 amide bonds. The average Bonchev–Trinajstić information content (AvgIpc) is 2.44. The van der Waals surface area contributed by atoms with Gasteiger partial charge in [-0.1, -0.05) is 0 Å². The molecule has 2 aromatic rings. The van der Waals surface area contributed by atoms with Crippen LogP contribution in [0.3, 0.4) is 0 Å². The number of ether oxygens (including phenoxy) is 1. The number of hydrogen-bond donors (Lipinski definition) is 0. The van der Waals surface area contributed by atoms with Crippen molar-refractivity contribution in [1.82, 2.24) is 0 Å². The number of hydrogen-bond acceptors (Lipinski definition) is 2. The fraction of sp³-hybridized carbons (Fsp3) is 0.0714. The van der Waals surface area contributed by atoms with Gasteiger partial charge in [-0.3, -0.25) is 4.79 Å². The lowest BCUT2D eigenvalue weighted by atomic mass is 10.0. The molecule has 0 bridgehead atoms. The molecule has 0 aliphatic rings. The van der Waals surface area contributed by atoms with Crippen molar-refractivity contribution in [2.24, 2.45) is 0 Å². The zero-order valence-corrected chi connectivity index (χ0v) is 11.8. The monoisotopic (exact) mass is 344 g/mol. The Morgan fingerprint density at radius 2 is 1.70 bits per heavy atom. The minimum atomic E-state index is -1.67. The molecule has 0 saturated carbocycles. The Balaban J connectivity index is 2.49. The van der Waals surface area contributed by atoms with Crippen molar-refractivity contribution < 1.29 is 22.7 Å². The van der Waals surface area contributed by atoms with Crippen molar-refractivity contribution >= 4 is 21.7 Å². The van der Waals surface area contributed by atoms with Crippen LogP contribution in [0.4, 0.5) is 13.2 Å². The van der Waals surface area contributed by atoms with Crippen LogP contribution in [0.25, 0.3) is 0 Å². The van der Waals surface area contributed by atoms with Crippen molar-refractivity contribution in [3.8, 4) is 5.75 Å². The predicted molar refractivity (Wildman–Crippen MR) is 70.4 cm³/mol. The van der Waals surface area contributed by atoms with Crippen molar-refractivity contribution in [2.75, 3.05) is 7.11 Å². The van der Waals surface area contributed by atoms with Gasteiger partial charge in [0.2, 0.25) is 0 Å². The van der Waals surface area contributed by atoms with E-state index in [-0.39, 0.29) is 5.56 Å². The van der Waals surface area contributed by atoms with Crippen LogP contribution >= 0.6 is 15.9 Å². The van der Waals surface area contributed by atoms with Crippen LogP contribution < -0.4 is 4.74 Å². The quantitative estimate of drug-likeness (QED) is 0.618. The Kier molecular flexibility index (Phi) is 4.13. The van der Waals surface area contributed by atoms with Crippen LogP contribution in [0, 0.1) is 17.5 Å². The molecule has 0 fully saturated rings. The van der Waals surface area contributed by atoms with Crippen LogP contribution in [0.15, 0.2) is 34.8 Å². The summed E-state index contributed by atoms with van der Waals surface area (Å²) >= 11 is 3.15. The van der Waals surface area contributed by atoms with Gasteiger partial charge in [0.25, 0.3) is 0 Å². The third-order valence-corrected chi connectivity index (χ3v) is 3.36. The van der Waals surface area contributed by atoms with Gasteiger partial charge in [0, 0.05) is 10.0 Å². The van der Waals surface area contributed by atoms with Gasteiger partial charge in [-0.25, -0.2) is 13.2 Å². The molecule has 0 spiro atoms. The number of halogens is 4. The summed E-state index contributed by atoms with van der Waals surface area (Å²) in [6.07, 6.45) is 0. The molecule has 0 N–H and O–H groups in total. The third-order valence-electron chi connectivity index (χ3n) is 2.70. The standard InChI is InChI=1S/C14H8BrF3O2/c1-20-7-2-3-8(10(15)6-7)14(19)9-4-5-11(16)13(18)12(9)17/h2-6H,1H3. The van der Waals surface area contributed by atoms with Gasteiger partial charge in [0.15, 0.2) is 23.2 Å². The molecule has 0 aliphatic carbocycles. The van der Waals surface area contributed by atoms with E-state index in [1.807, 2.05) is 0 Å². The van der Waals surface area contributed by atoms with E-state index in [1.165, 1.54) is 25.3 Å². The van der Waals surface area contributed by atoms with Crippen LogP contribution in [0.1, 0.15) is 15.9 Å². The van der Waals surface area contributed by atoms with Gasteiger partial charge in [-0.05, 0) is 46.3 Å². The largest absolute Gasteiger partial charge is 0.497 e. The molecule has 0 saturated heterocycles. The molecule has 104 valence electrons. The topological polar surface area (TPSA) is 26.3 Å². The van der Waals surface area contributed by atoms with Crippen LogP contribution in [0.5, 0.6) is 5.75 Å². The molecule has 0 atom stereocenters. The predicted octanol–water partition coefficient (Wildman–Crippen LogP) is 4.11. The highest BCUT2D eigenvalue weighted by Crippen LogP contribution is 2.26. The summed E-state index contributed by atoms with van der Waals surface area (Å²) < 4.78 is 44.9. The lowest BCUT2D eigenvalue weighted by Gasteiger charge is -2.07. The molecule has 0 aromatic heterocycles. The van der Waals surface area contributed by atoms with E-state index in [0.717, 1.165) is 6.07 Å². The summed E-state index contributed by atoms with van der Waals surface area (Å²) in [5, 5.41) is 0. The lowest BCUT2D eigenvalue weighted by molar-refractivity contribution is 0.103. The molecular formula is C14H8BrF3O2. The van der Waals surface area contributed by atoms with Crippen molar-refractivity contribution in [3.63, 3.8) is 0 Å². The van der Waals surface area contributed by atoms with Gasteiger partial charge in [0.1, 0.15) is 5.75 Å². The number of carbonyl (C=O) groups is 1. The second-order valence-corrected chi connectivity index (χ2v) is 4.75. The van der Waals surface area contributed by atoms with E-state index >= 15 is 0 Å². The summed E-state index contributed by atoms with van der Waals surface area (Å²) in [5.41, 5.74) is -0.412. The normalized spacial score (nSPS) is 10.4. The number of benzene rings is 2. The fourth-order valence-corrected chi connectivity index (χ4v) is 2.19. The van der Waals surface area contributed by atoms with Crippen molar-refractivity contribution in [2.45, 2.75) is 0 Å². The van der Waals surface area contributed by atoms with Crippen LogP contribution in [-0.4, -0.2) is 12.9 Å².